The fourth-order valence-electron chi connectivity index (χ4n) is 6.05. The van der Waals surface area contributed by atoms with E-state index in [-0.39, 0.29) is 24.8 Å². The number of nitrogens with two attached hydrogens (primary N) is 2. The van der Waals surface area contributed by atoms with Gasteiger partial charge in [-0.3, -0.25) is 24.7 Å². The number of fused-ring (bicyclic) bond motifs is 1. The molecule has 1 aromatic carbocycles. The first-order chi connectivity index (χ1) is 31.2. The number of nitrogens with zero attached hydrogens (tertiary/aromatic N) is 8. The Morgan fingerprint density at radius 3 is 2.55 bits per heavy atom. The second-order valence-electron chi connectivity index (χ2n) is 14.0. The molecule has 6 atom stereocenters. The number of nitrogens with one attached hydrogen (secondary N) is 3. The van der Waals surface area contributed by atoms with Gasteiger partial charge in [0.25, 0.3) is 12.4 Å². The van der Waals surface area contributed by atoms with Crippen molar-refractivity contribution in [1.29, 1.82) is 0 Å². The van der Waals surface area contributed by atoms with Gasteiger partial charge in [0.2, 0.25) is 5.91 Å². The fourth-order valence-corrected chi connectivity index (χ4v) is 8.09. The minimum absolute atomic E-state index is 0.243. The Kier molecular flexibility index (Phi) is 23.9. The average molecular weight is 913 g/mol. The molecule has 23 nitrogen and oxygen atoms in total. The summed E-state index contributed by atoms with van der Waals surface area (Å²) in [4.78, 5) is 51.2. The molecule has 9 N–H and O–H groups in total. The molecule has 4 rings (SSSR count). The molecule has 3 aromatic rings. The van der Waals surface area contributed by atoms with Crippen LogP contribution in [0.2, 0.25) is 0 Å². The van der Waals surface area contributed by atoms with Crippen molar-refractivity contribution in [3.05, 3.63) is 58.5 Å². The summed E-state index contributed by atoms with van der Waals surface area (Å²) in [5, 5.41) is 35.4. The molecule has 0 spiro atoms. The molecule has 1 fully saturated rings. The molecule has 0 bridgehead atoms. The van der Waals surface area contributed by atoms with E-state index >= 15 is 0 Å². The highest BCUT2D eigenvalue weighted by molar-refractivity contribution is 7.97. The standard InChI is InChI=1S/C40H57N13O10S/c41-12-13-44-37-34-38(47-26-46-37)53(27-48-34)40-36(57)35(56)31(63-40)25-64(23-11-32(42)62-28-54)22-5-3-1-2-4-6-33(55)51-50-24-29-7-9-30(10-8-29)39(58)45-14-16-59-18-20-61-21-19-60-17-15-49-52-43/h7-10,24,26-28,31-32,35-36,40,56-57H,1-2,4,6,11-23,25,41-42H2,(H2-,44,45,46,47,51,55,58)/p+1/t31-,32?,35?,36+,40-,64?/m1/s1. The van der Waals surface area contributed by atoms with Crippen LogP contribution in [0.15, 0.2) is 47.1 Å². The summed E-state index contributed by atoms with van der Waals surface area (Å²) in [5.41, 5.74) is 24.3. The van der Waals surface area contributed by atoms with Gasteiger partial charge in [0.1, 0.15) is 36.1 Å². The maximum Gasteiger partial charge on any atom is 0.294 e. The zero-order valence-corrected chi connectivity index (χ0v) is 36.4. The van der Waals surface area contributed by atoms with Crippen LogP contribution < -0.4 is 27.5 Å². The number of aromatic nitrogens is 4. The normalized spacial score (nSPS) is 17.9. The van der Waals surface area contributed by atoms with Crippen molar-refractivity contribution in [3.8, 4) is 11.8 Å². The monoisotopic (exact) mass is 912 g/mol. The van der Waals surface area contributed by atoms with Gasteiger partial charge in [-0.25, -0.2) is 20.4 Å². The van der Waals surface area contributed by atoms with Gasteiger partial charge in [0.05, 0.1) is 52.2 Å². The number of azide groups is 1. The van der Waals surface area contributed by atoms with E-state index in [1.165, 1.54) is 18.9 Å². The van der Waals surface area contributed by atoms with Crippen molar-refractivity contribution in [2.75, 3.05) is 88.4 Å². The molecule has 0 radical (unpaired) electrons. The molecule has 1 saturated heterocycles. The summed E-state index contributed by atoms with van der Waals surface area (Å²) in [6.07, 6.45) is 1.89. The number of hydrazone groups is 1. The van der Waals surface area contributed by atoms with Crippen LogP contribution in [0.5, 0.6) is 0 Å². The van der Waals surface area contributed by atoms with E-state index < -0.39 is 41.7 Å². The number of carbonyl (C=O) groups excluding carboxylic acids is 3. The van der Waals surface area contributed by atoms with Crippen LogP contribution in [-0.2, 0) is 44.2 Å². The molecule has 0 aliphatic carbocycles. The van der Waals surface area contributed by atoms with Crippen molar-refractivity contribution in [3.63, 3.8) is 0 Å². The van der Waals surface area contributed by atoms with E-state index in [1.54, 1.807) is 28.8 Å². The number of unbranched alkanes of at least 4 members (excludes halogenated alkanes) is 2. The van der Waals surface area contributed by atoms with Crippen molar-refractivity contribution in [2.24, 2.45) is 21.7 Å². The van der Waals surface area contributed by atoms with Gasteiger partial charge in [-0.2, -0.15) is 5.10 Å². The lowest BCUT2D eigenvalue weighted by atomic mass is 10.1. The lowest BCUT2D eigenvalue weighted by Gasteiger charge is -2.17. The molecule has 2 amide bonds. The number of carbonyl (C=O) groups is 3. The van der Waals surface area contributed by atoms with Crippen molar-refractivity contribution in [2.45, 2.75) is 62.9 Å². The Labute approximate surface area is 373 Å². The van der Waals surface area contributed by atoms with Crippen LogP contribution in [0.4, 0.5) is 5.82 Å². The summed E-state index contributed by atoms with van der Waals surface area (Å²) in [7, 11) is -0.450. The molecule has 3 unspecified atom stereocenters. The van der Waals surface area contributed by atoms with Crippen LogP contribution >= 0.6 is 0 Å². The Hall–Kier alpha value is -5.45. The van der Waals surface area contributed by atoms with Gasteiger partial charge in [-0.1, -0.05) is 23.2 Å². The van der Waals surface area contributed by atoms with Gasteiger partial charge < -0.3 is 50.3 Å². The van der Waals surface area contributed by atoms with Crippen LogP contribution in [-0.4, -0.2) is 162 Å². The number of hydrogen-bond acceptors (Lipinski definition) is 18. The van der Waals surface area contributed by atoms with Crippen molar-refractivity contribution < 1.29 is 48.3 Å². The highest BCUT2D eigenvalue weighted by atomic mass is 32.2. The van der Waals surface area contributed by atoms with Gasteiger partial charge in [0, 0.05) is 66.8 Å². The number of rotatable bonds is 31. The molecule has 348 valence electrons. The number of aliphatic hydroxyl groups excluding tert-OH is 2. The van der Waals surface area contributed by atoms with Crippen LogP contribution in [0.3, 0.4) is 0 Å². The minimum Gasteiger partial charge on any atom is -0.449 e. The molecule has 2 aromatic heterocycles. The van der Waals surface area contributed by atoms with Gasteiger partial charge >= 0.3 is 0 Å². The number of imidazole rings is 1. The first-order valence-corrected chi connectivity index (χ1v) is 22.5. The molecule has 1 aliphatic heterocycles. The number of anilines is 1. The summed E-state index contributed by atoms with van der Waals surface area (Å²) in [5.74, 6) is 7.75. The highest BCUT2D eigenvalue weighted by Crippen LogP contribution is 2.33. The quantitative estimate of drug-likeness (QED) is 0.00430. The predicted molar refractivity (Wildman–Crippen MR) is 238 cm³/mol. The molecular formula is C40H58N13O10S+. The first-order valence-electron chi connectivity index (χ1n) is 20.8. The number of aliphatic hydroxyl groups is 2. The molecule has 3 heterocycles. The minimum atomic E-state index is -1.26. The summed E-state index contributed by atoms with van der Waals surface area (Å²) < 4.78 is 28.7. The van der Waals surface area contributed by atoms with Crippen LogP contribution in [0.1, 0.15) is 54.3 Å². The van der Waals surface area contributed by atoms with Crippen molar-refractivity contribution >= 4 is 52.4 Å². The third kappa shape index (κ3) is 18.0. The SMILES string of the molecule is [N-]=[N+]=NCCOCCOCCOCCNC(=O)c1ccc(/C=N\NC(=O)CCCCC#CC[S+](CCC(N)OC=O)C[C@H]2O[C@@H](n3cnc4c(NCCN)ncnc43)[C@@H](O)C2O)cc1. The second-order valence-corrected chi connectivity index (χ2v) is 16.3. The zero-order valence-electron chi connectivity index (χ0n) is 35.5. The Balaban J connectivity index is 1.12. The fraction of sp³-hybridized carbons (Fsp3) is 0.575. The maximum absolute atomic E-state index is 12.5. The number of hydrogen-bond donors (Lipinski definition) is 7. The van der Waals surface area contributed by atoms with Crippen molar-refractivity contribution in [1.82, 2.24) is 30.3 Å². The molecule has 64 heavy (non-hydrogen) atoms. The summed E-state index contributed by atoms with van der Waals surface area (Å²) in [6, 6.07) is 6.76. The van der Waals surface area contributed by atoms with Gasteiger partial charge in [-0.05, 0) is 42.0 Å². The molecule has 0 saturated carbocycles. The number of benzene rings is 1. The van der Waals surface area contributed by atoms with E-state index in [0.29, 0.717) is 137 Å². The molecule has 1 aliphatic rings. The number of ether oxygens (including phenoxy) is 5. The smallest absolute Gasteiger partial charge is 0.294 e. The lowest BCUT2D eigenvalue weighted by molar-refractivity contribution is -0.133. The topological polar surface area (TPSA) is 331 Å². The predicted octanol–water partition coefficient (Wildman–Crippen LogP) is 0.0863. The second kappa shape index (κ2) is 29.8. The highest BCUT2D eigenvalue weighted by Gasteiger charge is 2.47. The molecular weight excluding hydrogens is 855 g/mol. The largest absolute Gasteiger partial charge is 0.449 e. The van der Waals surface area contributed by atoms with Gasteiger partial charge in [0.15, 0.2) is 35.2 Å². The van der Waals surface area contributed by atoms with E-state index in [0.717, 1.165) is 0 Å². The van der Waals surface area contributed by atoms with Crippen LogP contribution in [0, 0.1) is 11.8 Å². The van der Waals surface area contributed by atoms with E-state index in [4.69, 9.17) is 40.7 Å². The van der Waals surface area contributed by atoms with E-state index in [9.17, 15) is 24.6 Å². The Morgan fingerprint density at radius 1 is 1.03 bits per heavy atom. The van der Waals surface area contributed by atoms with E-state index in [1.807, 2.05) is 0 Å². The Morgan fingerprint density at radius 2 is 1.80 bits per heavy atom. The Bertz CT molecular complexity index is 2010. The summed E-state index contributed by atoms with van der Waals surface area (Å²) in [6.45, 7) is 4.01. The van der Waals surface area contributed by atoms with E-state index in [2.05, 4.69) is 58.0 Å². The first kappa shape index (κ1) is 51.2. The third-order valence-electron chi connectivity index (χ3n) is 9.34. The third-order valence-corrected chi connectivity index (χ3v) is 11.5. The average Bonchev–Trinajstić information content (AvgIpc) is 3.85. The number of amides is 2. The zero-order chi connectivity index (χ0) is 45.8. The van der Waals surface area contributed by atoms with Gasteiger partial charge in [-0.15, -0.1) is 0 Å². The maximum atomic E-state index is 12.5. The van der Waals surface area contributed by atoms with Crippen LogP contribution in [0.25, 0.3) is 21.6 Å². The molecule has 24 heteroatoms. The summed E-state index contributed by atoms with van der Waals surface area (Å²) >= 11 is 0. The lowest BCUT2D eigenvalue weighted by Crippen LogP contribution is -2.37.